The molecule has 1 unspecified atom stereocenters. The van der Waals surface area contributed by atoms with E-state index in [9.17, 15) is 4.79 Å². The third kappa shape index (κ3) is 9.95. The van der Waals surface area contributed by atoms with Gasteiger partial charge in [-0.3, -0.25) is 0 Å². The first kappa shape index (κ1) is 28.5. The molecule has 0 bridgehead atoms. The number of aliphatic imine (C=N–C) groups is 1. The monoisotopic (exact) mass is 563 g/mol. The van der Waals surface area contributed by atoms with Gasteiger partial charge in [-0.15, -0.1) is 24.0 Å². The van der Waals surface area contributed by atoms with Gasteiger partial charge in [0.1, 0.15) is 17.9 Å². The van der Waals surface area contributed by atoms with E-state index in [1.165, 1.54) is 0 Å². The average Bonchev–Trinajstić information content (AvgIpc) is 3.14. The average molecular weight is 564 g/mol. The van der Waals surface area contributed by atoms with Crippen LogP contribution in [0.1, 0.15) is 79.4 Å². The summed E-state index contributed by atoms with van der Waals surface area (Å²) in [6.07, 6.45) is 4.68. The van der Waals surface area contributed by atoms with Crippen LogP contribution in [0, 0.1) is 5.92 Å². The van der Waals surface area contributed by atoms with Crippen molar-refractivity contribution in [3.63, 3.8) is 0 Å². The molecule has 8 nitrogen and oxygen atoms in total. The molecule has 1 atom stereocenters. The predicted molar refractivity (Wildman–Crippen MR) is 139 cm³/mol. The van der Waals surface area contributed by atoms with E-state index in [4.69, 9.17) is 9.15 Å². The Labute approximate surface area is 210 Å². The number of nitrogens with zero attached hydrogens (tertiary/aromatic N) is 3. The Hall–Kier alpha value is -1.52. The van der Waals surface area contributed by atoms with Crippen molar-refractivity contribution in [1.82, 2.24) is 20.5 Å². The van der Waals surface area contributed by atoms with Crippen LogP contribution in [0.15, 0.2) is 15.6 Å². The second kappa shape index (κ2) is 12.6. The van der Waals surface area contributed by atoms with Gasteiger partial charge in [-0.1, -0.05) is 20.8 Å². The zero-order chi connectivity index (χ0) is 23.1. The van der Waals surface area contributed by atoms with Gasteiger partial charge in [-0.25, -0.2) is 14.8 Å². The maximum atomic E-state index is 12.4. The van der Waals surface area contributed by atoms with Crippen LogP contribution in [-0.4, -0.2) is 53.7 Å². The largest absolute Gasteiger partial charge is 0.444 e. The van der Waals surface area contributed by atoms with Crippen molar-refractivity contribution in [2.75, 3.05) is 26.2 Å². The van der Waals surface area contributed by atoms with Crippen molar-refractivity contribution in [3.8, 4) is 0 Å². The number of nitrogens with one attached hydrogen (secondary N) is 2. The molecule has 2 heterocycles. The maximum Gasteiger partial charge on any atom is 0.410 e. The molecule has 9 heteroatoms. The summed E-state index contributed by atoms with van der Waals surface area (Å²) in [7, 11) is 0. The minimum absolute atomic E-state index is 0. The minimum atomic E-state index is -0.459. The van der Waals surface area contributed by atoms with E-state index in [1.54, 1.807) is 6.20 Å². The molecule has 0 radical (unpaired) electrons. The quantitative estimate of drug-likeness (QED) is 0.297. The summed E-state index contributed by atoms with van der Waals surface area (Å²) in [5.41, 5.74) is -0.524. The summed E-state index contributed by atoms with van der Waals surface area (Å²) in [5.74, 6) is 2.68. The third-order valence-corrected chi connectivity index (χ3v) is 5.03. The fourth-order valence-electron chi connectivity index (χ4n) is 3.41. The van der Waals surface area contributed by atoms with Gasteiger partial charge >= 0.3 is 6.09 Å². The number of halogens is 1. The lowest BCUT2D eigenvalue weighted by Gasteiger charge is -2.34. The lowest BCUT2D eigenvalue weighted by atomic mass is 9.94. The summed E-state index contributed by atoms with van der Waals surface area (Å²) in [4.78, 5) is 23.1. The number of piperidine rings is 1. The van der Waals surface area contributed by atoms with Crippen LogP contribution in [0.2, 0.25) is 0 Å². The number of carbonyl (C=O) groups is 1. The van der Waals surface area contributed by atoms with E-state index >= 15 is 0 Å². The highest BCUT2D eigenvalue weighted by Crippen LogP contribution is 2.23. The Morgan fingerprint density at radius 3 is 2.59 bits per heavy atom. The van der Waals surface area contributed by atoms with Crippen LogP contribution in [-0.2, 0) is 16.7 Å². The van der Waals surface area contributed by atoms with E-state index in [0.29, 0.717) is 18.4 Å². The molecule has 184 valence electrons. The Bertz CT molecular complexity index is 737. The van der Waals surface area contributed by atoms with Crippen molar-refractivity contribution in [2.24, 2.45) is 10.9 Å². The molecule has 1 saturated heterocycles. The first-order valence-corrected chi connectivity index (χ1v) is 11.4. The number of amides is 1. The second-order valence-corrected chi connectivity index (χ2v) is 10.2. The van der Waals surface area contributed by atoms with Crippen molar-refractivity contribution in [3.05, 3.63) is 17.8 Å². The minimum Gasteiger partial charge on any atom is -0.444 e. The van der Waals surface area contributed by atoms with E-state index in [2.05, 4.69) is 41.4 Å². The smallest absolute Gasteiger partial charge is 0.410 e. The number of likely N-dealkylation sites (tertiary alicyclic amines) is 1. The van der Waals surface area contributed by atoms with E-state index in [0.717, 1.165) is 57.2 Å². The second-order valence-electron chi connectivity index (χ2n) is 10.2. The van der Waals surface area contributed by atoms with Crippen molar-refractivity contribution in [2.45, 2.75) is 85.3 Å². The number of oxazole rings is 1. The van der Waals surface area contributed by atoms with Crippen molar-refractivity contribution >= 4 is 36.0 Å². The molecule has 1 aromatic heterocycles. The molecule has 1 aliphatic heterocycles. The summed E-state index contributed by atoms with van der Waals surface area (Å²) in [6.45, 7) is 17.5. The molecule has 1 fully saturated rings. The first-order valence-electron chi connectivity index (χ1n) is 11.4. The SMILES string of the molecule is CCNC(=NCc1ncc(C(C)(C)C)o1)NCCC1CCCN(C(=O)OC(C)(C)C)C1.I. The Kier molecular flexibility index (Phi) is 11.3. The molecule has 0 aromatic carbocycles. The summed E-state index contributed by atoms with van der Waals surface area (Å²) >= 11 is 0. The number of hydrogen-bond acceptors (Lipinski definition) is 5. The van der Waals surface area contributed by atoms with Crippen LogP contribution >= 0.6 is 24.0 Å². The lowest BCUT2D eigenvalue weighted by molar-refractivity contribution is 0.0162. The molecule has 1 aromatic rings. The van der Waals surface area contributed by atoms with Crippen LogP contribution in [0.25, 0.3) is 0 Å². The zero-order valence-electron chi connectivity index (χ0n) is 20.8. The van der Waals surface area contributed by atoms with Crippen LogP contribution in [0.4, 0.5) is 4.79 Å². The van der Waals surface area contributed by atoms with Crippen molar-refractivity contribution < 1.29 is 13.9 Å². The van der Waals surface area contributed by atoms with Gasteiger partial charge in [0.15, 0.2) is 5.96 Å². The molecule has 0 spiro atoms. The van der Waals surface area contributed by atoms with Crippen LogP contribution in [0.3, 0.4) is 0 Å². The highest BCUT2D eigenvalue weighted by molar-refractivity contribution is 14.0. The molecular weight excluding hydrogens is 521 g/mol. The number of guanidine groups is 1. The van der Waals surface area contributed by atoms with Crippen LogP contribution in [0.5, 0.6) is 0 Å². The van der Waals surface area contributed by atoms with Gasteiger partial charge in [0.25, 0.3) is 0 Å². The van der Waals surface area contributed by atoms with Crippen LogP contribution < -0.4 is 10.6 Å². The van der Waals surface area contributed by atoms with Gasteiger partial charge in [0.05, 0.1) is 6.20 Å². The number of rotatable bonds is 6. The Balaban J connectivity index is 0.00000512. The first-order chi connectivity index (χ1) is 14.5. The third-order valence-electron chi connectivity index (χ3n) is 5.03. The van der Waals surface area contributed by atoms with E-state index < -0.39 is 5.60 Å². The fraction of sp³-hybridized carbons (Fsp3) is 0.783. The highest BCUT2D eigenvalue weighted by atomic mass is 127. The molecule has 2 N–H and O–H groups in total. The molecule has 1 aliphatic rings. The molecule has 2 rings (SSSR count). The standard InChI is InChI=1S/C23H41N5O3.HI/c1-8-24-20(27-15-19-26-14-18(30-19)22(2,3)4)25-12-11-17-10-9-13-28(16-17)21(29)31-23(5,6)7;/h14,17H,8-13,15-16H2,1-7H3,(H2,24,25,27);1H. The number of ether oxygens (including phenoxy) is 1. The fourth-order valence-corrected chi connectivity index (χ4v) is 3.41. The zero-order valence-corrected chi connectivity index (χ0v) is 23.1. The molecular formula is C23H42IN5O3. The van der Waals surface area contributed by atoms with Gasteiger partial charge in [0, 0.05) is 31.6 Å². The Morgan fingerprint density at radius 1 is 1.28 bits per heavy atom. The number of carbonyl (C=O) groups excluding carboxylic acids is 1. The van der Waals surface area contributed by atoms with Crippen molar-refractivity contribution in [1.29, 1.82) is 0 Å². The Morgan fingerprint density at radius 2 is 2.00 bits per heavy atom. The normalized spacial score (nSPS) is 17.5. The maximum absolute atomic E-state index is 12.4. The van der Waals surface area contributed by atoms with Gasteiger partial charge < -0.3 is 24.7 Å². The van der Waals surface area contributed by atoms with E-state index in [-0.39, 0.29) is 35.5 Å². The summed E-state index contributed by atoms with van der Waals surface area (Å²) in [5, 5.41) is 6.66. The van der Waals surface area contributed by atoms with E-state index in [1.807, 2.05) is 32.6 Å². The van der Waals surface area contributed by atoms with Gasteiger partial charge in [0.2, 0.25) is 5.89 Å². The summed E-state index contributed by atoms with van der Waals surface area (Å²) < 4.78 is 11.3. The number of hydrogen-bond donors (Lipinski definition) is 2. The molecule has 1 amide bonds. The van der Waals surface area contributed by atoms with Gasteiger partial charge in [-0.2, -0.15) is 0 Å². The lowest BCUT2D eigenvalue weighted by Crippen LogP contribution is -2.44. The molecule has 0 saturated carbocycles. The predicted octanol–water partition coefficient (Wildman–Crippen LogP) is 4.68. The van der Waals surface area contributed by atoms with Gasteiger partial charge in [-0.05, 0) is 52.9 Å². The summed E-state index contributed by atoms with van der Waals surface area (Å²) in [6, 6.07) is 0. The highest BCUT2D eigenvalue weighted by Gasteiger charge is 2.27. The molecule has 0 aliphatic carbocycles. The topological polar surface area (TPSA) is 92.0 Å². The number of aromatic nitrogens is 1. The molecule has 32 heavy (non-hydrogen) atoms.